The van der Waals surface area contributed by atoms with E-state index in [1.165, 1.54) is 0 Å². The standard InChI is InChI=1S/C22H19BrN2O/c1-14-11-15(2)13-18(12-14)25-21(16-7-9-17(23)10-8-16)24-20-6-4-3-5-19(20)22(25)26/h3-13,21,24H,1-2H3/t21-/m1/s1. The molecule has 1 heterocycles. The Balaban J connectivity index is 1.88. The molecule has 0 unspecified atom stereocenters. The van der Waals surface area contributed by atoms with Gasteiger partial charge in [-0.15, -0.1) is 0 Å². The molecule has 0 saturated carbocycles. The first-order chi connectivity index (χ1) is 12.5. The number of nitrogens with zero attached hydrogens (tertiary/aromatic N) is 1. The van der Waals surface area contributed by atoms with E-state index in [2.05, 4.69) is 53.3 Å². The number of carbonyl (C=O) groups excluding carboxylic acids is 1. The Labute approximate surface area is 161 Å². The molecule has 0 fully saturated rings. The number of anilines is 2. The monoisotopic (exact) mass is 406 g/mol. The molecule has 4 rings (SSSR count). The molecule has 0 saturated heterocycles. The van der Waals surface area contributed by atoms with Crippen LogP contribution in [-0.4, -0.2) is 5.91 Å². The van der Waals surface area contributed by atoms with Crippen LogP contribution in [0.1, 0.15) is 33.2 Å². The fraction of sp³-hybridized carbons (Fsp3) is 0.136. The van der Waals surface area contributed by atoms with E-state index in [0.29, 0.717) is 5.56 Å². The van der Waals surface area contributed by atoms with Crippen molar-refractivity contribution < 1.29 is 4.79 Å². The SMILES string of the molecule is Cc1cc(C)cc(N2C(=O)c3ccccc3N[C@H]2c2ccc(Br)cc2)c1. The number of aryl methyl sites for hydroxylation is 2. The zero-order valence-corrected chi connectivity index (χ0v) is 16.2. The summed E-state index contributed by atoms with van der Waals surface area (Å²) in [6.07, 6.45) is -0.258. The normalized spacial score (nSPS) is 16.2. The van der Waals surface area contributed by atoms with E-state index in [0.717, 1.165) is 32.5 Å². The molecule has 1 aliphatic rings. The first-order valence-electron chi connectivity index (χ1n) is 8.56. The minimum atomic E-state index is -0.258. The molecular formula is C22H19BrN2O. The van der Waals surface area contributed by atoms with Crippen LogP contribution in [0.5, 0.6) is 0 Å². The summed E-state index contributed by atoms with van der Waals surface area (Å²) in [6.45, 7) is 4.11. The van der Waals surface area contributed by atoms with Gasteiger partial charge in [0, 0.05) is 15.8 Å². The lowest BCUT2D eigenvalue weighted by atomic mass is 10.0. The zero-order valence-electron chi connectivity index (χ0n) is 14.7. The lowest BCUT2D eigenvalue weighted by Gasteiger charge is -2.38. The maximum Gasteiger partial charge on any atom is 0.262 e. The smallest absolute Gasteiger partial charge is 0.262 e. The predicted octanol–water partition coefficient (Wildman–Crippen LogP) is 5.84. The summed E-state index contributed by atoms with van der Waals surface area (Å²) in [4.78, 5) is 15.2. The second-order valence-electron chi connectivity index (χ2n) is 6.67. The van der Waals surface area contributed by atoms with Gasteiger partial charge in [-0.05, 0) is 66.9 Å². The van der Waals surface area contributed by atoms with Crippen molar-refractivity contribution >= 4 is 33.2 Å². The summed E-state index contributed by atoms with van der Waals surface area (Å²) in [5, 5.41) is 3.54. The minimum absolute atomic E-state index is 0.0114. The number of hydrogen-bond donors (Lipinski definition) is 1. The molecule has 1 aliphatic heterocycles. The first-order valence-corrected chi connectivity index (χ1v) is 9.35. The van der Waals surface area contributed by atoms with Crippen molar-refractivity contribution in [2.75, 3.05) is 10.2 Å². The number of para-hydroxylation sites is 1. The summed E-state index contributed by atoms with van der Waals surface area (Å²) < 4.78 is 1.02. The van der Waals surface area contributed by atoms with E-state index in [-0.39, 0.29) is 12.1 Å². The molecule has 3 nitrogen and oxygen atoms in total. The van der Waals surface area contributed by atoms with Crippen LogP contribution in [0.3, 0.4) is 0 Å². The number of amides is 1. The van der Waals surface area contributed by atoms with Crippen molar-refractivity contribution in [3.63, 3.8) is 0 Å². The third kappa shape index (κ3) is 3.01. The summed E-state index contributed by atoms with van der Waals surface area (Å²) >= 11 is 3.49. The highest BCUT2D eigenvalue weighted by molar-refractivity contribution is 9.10. The van der Waals surface area contributed by atoms with Gasteiger partial charge in [0.15, 0.2) is 0 Å². The topological polar surface area (TPSA) is 32.3 Å². The van der Waals surface area contributed by atoms with Crippen molar-refractivity contribution in [3.05, 3.63) is 93.5 Å². The van der Waals surface area contributed by atoms with Gasteiger partial charge in [0.05, 0.1) is 5.56 Å². The number of hydrogen-bond acceptors (Lipinski definition) is 2. The molecule has 0 aromatic heterocycles. The van der Waals surface area contributed by atoms with Crippen LogP contribution in [0, 0.1) is 13.8 Å². The lowest BCUT2D eigenvalue weighted by molar-refractivity contribution is 0.0975. The molecule has 0 radical (unpaired) electrons. The van der Waals surface area contributed by atoms with Gasteiger partial charge in [-0.25, -0.2) is 0 Å². The third-order valence-electron chi connectivity index (χ3n) is 4.60. The number of halogens is 1. The Morgan fingerprint density at radius 2 is 1.58 bits per heavy atom. The number of fused-ring (bicyclic) bond motifs is 1. The summed E-state index contributed by atoms with van der Waals surface area (Å²) in [5.41, 5.74) is 5.78. The number of nitrogens with one attached hydrogen (secondary N) is 1. The summed E-state index contributed by atoms with van der Waals surface area (Å²) in [7, 11) is 0. The number of rotatable bonds is 2. The van der Waals surface area contributed by atoms with Crippen molar-refractivity contribution in [1.82, 2.24) is 0 Å². The second-order valence-corrected chi connectivity index (χ2v) is 7.58. The molecule has 1 N–H and O–H groups in total. The van der Waals surface area contributed by atoms with Crippen LogP contribution in [0.25, 0.3) is 0 Å². The molecule has 3 aromatic rings. The molecule has 0 bridgehead atoms. The van der Waals surface area contributed by atoms with Crippen LogP contribution in [0.4, 0.5) is 11.4 Å². The van der Waals surface area contributed by atoms with Gasteiger partial charge < -0.3 is 5.32 Å². The summed E-state index contributed by atoms with van der Waals surface area (Å²) in [6, 6.07) is 22.0. The van der Waals surface area contributed by atoms with Gasteiger partial charge in [-0.3, -0.25) is 9.69 Å². The van der Waals surface area contributed by atoms with Crippen molar-refractivity contribution in [2.45, 2.75) is 20.0 Å². The van der Waals surface area contributed by atoms with Crippen LogP contribution in [0.15, 0.2) is 71.2 Å². The van der Waals surface area contributed by atoms with Gasteiger partial charge in [-0.2, -0.15) is 0 Å². The Morgan fingerprint density at radius 1 is 0.923 bits per heavy atom. The van der Waals surface area contributed by atoms with Crippen LogP contribution in [-0.2, 0) is 0 Å². The first kappa shape index (κ1) is 16.9. The molecule has 1 atom stereocenters. The Hall–Kier alpha value is -2.59. The molecule has 26 heavy (non-hydrogen) atoms. The molecule has 130 valence electrons. The third-order valence-corrected chi connectivity index (χ3v) is 5.13. The van der Waals surface area contributed by atoms with E-state index >= 15 is 0 Å². The quantitative estimate of drug-likeness (QED) is 0.579. The highest BCUT2D eigenvalue weighted by Gasteiger charge is 2.34. The van der Waals surface area contributed by atoms with Crippen LogP contribution >= 0.6 is 15.9 Å². The molecule has 3 aromatic carbocycles. The maximum absolute atomic E-state index is 13.4. The average Bonchev–Trinajstić information content (AvgIpc) is 2.61. The molecule has 0 aliphatic carbocycles. The maximum atomic E-state index is 13.4. The minimum Gasteiger partial charge on any atom is -0.360 e. The largest absolute Gasteiger partial charge is 0.360 e. The van der Waals surface area contributed by atoms with Gasteiger partial charge in [-0.1, -0.05) is 46.3 Å². The van der Waals surface area contributed by atoms with E-state index < -0.39 is 0 Å². The fourth-order valence-corrected chi connectivity index (χ4v) is 3.75. The van der Waals surface area contributed by atoms with Crippen molar-refractivity contribution in [3.8, 4) is 0 Å². The highest BCUT2D eigenvalue weighted by Crippen LogP contribution is 2.37. The highest BCUT2D eigenvalue weighted by atomic mass is 79.9. The fourth-order valence-electron chi connectivity index (χ4n) is 3.49. The zero-order chi connectivity index (χ0) is 18.3. The average molecular weight is 407 g/mol. The molecule has 4 heteroatoms. The van der Waals surface area contributed by atoms with Gasteiger partial charge in [0.2, 0.25) is 0 Å². The van der Waals surface area contributed by atoms with E-state index in [1.54, 1.807) is 0 Å². The predicted molar refractivity (Wildman–Crippen MR) is 110 cm³/mol. The summed E-state index contributed by atoms with van der Waals surface area (Å²) in [5.74, 6) is 0.0114. The van der Waals surface area contributed by atoms with E-state index in [9.17, 15) is 4.79 Å². The van der Waals surface area contributed by atoms with Gasteiger partial charge in [0.1, 0.15) is 6.17 Å². The van der Waals surface area contributed by atoms with Gasteiger partial charge >= 0.3 is 0 Å². The van der Waals surface area contributed by atoms with Crippen molar-refractivity contribution in [2.24, 2.45) is 0 Å². The molecular weight excluding hydrogens is 388 g/mol. The van der Waals surface area contributed by atoms with Crippen molar-refractivity contribution in [1.29, 1.82) is 0 Å². The van der Waals surface area contributed by atoms with Crippen LogP contribution < -0.4 is 10.2 Å². The van der Waals surface area contributed by atoms with E-state index in [4.69, 9.17) is 0 Å². The molecule has 1 amide bonds. The Kier molecular flexibility index (Phi) is 4.29. The molecule has 0 spiro atoms. The Morgan fingerprint density at radius 3 is 2.27 bits per heavy atom. The van der Waals surface area contributed by atoms with Crippen LogP contribution in [0.2, 0.25) is 0 Å². The number of benzene rings is 3. The lowest BCUT2D eigenvalue weighted by Crippen LogP contribution is -2.43. The number of carbonyl (C=O) groups is 1. The Bertz CT molecular complexity index is 961. The van der Waals surface area contributed by atoms with E-state index in [1.807, 2.05) is 53.4 Å². The second kappa shape index (κ2) is 6.61. The van der Waals surface area contributed by atoms with Gasteiger partial charge in [0.25, 0.3) is 5.91 Å².